The van der Waals surface area contributed by atoms with E-state index in [4.69, 9.17) is 4.74 Å². The van der Waals surface area contributed by atoms with Gasteiger partial charge >= 0.3 is 0 Å². The molecule has 0 radical (unpaired) electrons. The molecule has 106 valence electrons. The number of hydrogen-bond acceptors (Lipinski definition) is 2. The van der Waals surface area contributed by atoms with E-state index in [1.165, 1.54) is 12.1 Å². The number of hydrogen-bond donors (Lipinski definition) is 1. The molecule has 1 unspecified atom stereocenters. The Bertz CT molecular complexity index is 613. The number of aryl methyl sites for hydroxylation is 1. The summed E-state index contributed by atoms with van der Waals surface area (Å²) in [6, 6.07) is 10.1. The number of aliphatic hydroxyl groups is 1. The highest BCUT2D eigenvalue weighted by atomic mass is 79.9. The van der Waals surface area contributed by atoms with E-state index in [9.17, 15) is 9.50 Å². The average Bonchev–Trinajstić information content (AvgIpc) is 2.38. The van der Waals surface area contributed by atoms with E-state index in [1.54, 1.807) is 20.1 Å². The van der Waals surface area contributed by atoms with Gasteiger partial charge in [0.25, 0.3) is 0 Å². The van der Waals surface area contributed by atoms with Gasteiger partial charge in [-0.15, -0.1) is 0 Å². The molecule has 2 aromatic rings. The number of benzene rings is 2. The van der Waals surface area contributed by atoms with Gasteiger partial charge in [0, 0.05) is 6.42 Å². The number of aliphatic hydroxyl groups excluding tert-OH is 1. The number of rotatable bonds is 4. The SMILES string of the molecule is COc1ccc(CC(O)c2ccc(F)cc2C)cc1Br. The highest BCUT2D eigenvalue weighted by Crippen LogP contribution is 2.28. The topological polar surface area (TPSA) is 29.5 Å². The second-order valence-corrected chi connectivity index (χ2v) is 5.54. The molecule has 0 saturated carbocycles. The van der Waals surface area contributed by atoms with Crippen molar-refractivity contribution in [3.05, 3.63) is 63.4 Å². The lowest BCUT2D eigenvalue weighted by Gasteiger charge is -2.14. The molecule has 0 spiro atoms. The van der Waals surface area contributed by atoms with E-state index in [0.717, 1.165) is 26.9 Å². The van der Waals surface area contributed by atoms with Crippen LogP contribution in [-0.2, 0) is 6.42 Å². The minimum Gasteiger partial charge on any atom is -0.496 e. The fourth-order valence-corrected chi connectivity index (χ4v) is 2.77. The van der Waals surface area contributed by atoms with E-state index < -0.39 is 6.10 Å². The normalized spacial score (nSPS) is 12.2. The maximum absolute atomic E-state index is 13.1. The minimum atomic E-state index is -0.657. The van der Waals surface area contributed by atoms with E-state index >= 15 is 0 Å². The van der Waals surface area contributed by atoms with Crippen molar-refractivity contribution >= 4 is 15.9 Å². The second kappa shape index (κ2) is 6.37. The quantitative estimate of drug-likeness (QED) is 0.905. The second-order valence-electron chi connectivity index (χ2n) is 4.69. The van der Waals surface area contributed by atoms with Crippen LogP contribution in [0.15, 0.2) is 40.9 Å². The third-order valence-corrected chi connectivity index (χ3v) is 3.86. The molecule has 20 heavy (non-hydrogen) atoms. The monoisotopic (exact) mass is 338 g/mol. The van der Waals surface area contributed by atoms with Crippen LogP contribution in [0.5, 0.6) is 5.75 Å². The standard InChI is InChI=1S/C16H16BrFO2/c1-10-7-12(18)4-5-13(10)15(19)9-11-3-6-16(20-2)14(17)8-11/h3-8,15,19H,9H2,1-2H3. The van der Waals surface area contributed by atoms with Crippen molar-refractivity contribution in [1.29, 1.82) is 0 Å². The third-order valence-electron chi connectivity index (χ3n) is 3.24. The van der Waals surface area contributed by atoms with Crippen molar-refractivity contribution in [3.8, 4) is 5.75 Å². The van der Waals surface area contributed by atoms with Gasteiger partial charge in [0.05, 0.1) is 17.7 Å². The number of ether oxygens (including phenoxy) is 1. The first-order valence-electron chi connectivity index (χ1n) is 6.28. The molecular formula is C16H16BrFO2. The summed E-state index contributed by atoms with van der Waals surface area (Å²) in [5.41, 5.74) is 2.48. The van der Waals surface area contributed by atoms with Crippen LogP contribution in [0.25, 0.3) is 0 Å². The smallest absolute Gasteiger partial charge is 0.133 e. The average molecular weight is 339 g/mol. The summed E-state index contributed by atoms with van der Waals surface area (Å²) in [6.07, 6.45) is -0.189. The number of methoxy groups -OCH3 is 1. The van der Waals surface area contributed by atoms with Crippen molar-refractivity contribution in [3.63, 3.8) is 0 Å². The van der Waals surface area contributed by atoms with Gasteiger partial charge < -0.3 is 9.84 Å². The van der Waals surface area contributed by atoms with Gasteiger partial charge in [-0.1, -0.05) is 12.1 Å². The van der Waals surface area contributed by atoms with Gasteiger partial charge in [0.1, 0.15) is 11.6 Å². The van der Waals surface area contributed by atoms with Crippen LogP contribution < -0.4 is 4.74 Å². The Kier molecular flexibility index (Phi) is 4.78. The molecule has 0 fully saturated rings. The van der Waals surface area contributed by atoms with Gasteiger partial charge in [-0.05, 0) is 63.8 Å². The van der Waals surface area contributed by atoms with Crippen molar-refractivity contribution in [2.24, 2.45) is 0 Å². The zero-order chi connectivity index (χ0) is 14.7. The van der Waals surface area contributed by atoms with Crippen LogP contribution in [0.3, 0.4) is 0 Å². The zero-order valence-electron chi connectivity index (χ0n) is 11.4. The molecular weight excluding hydrogens is 323 g/mol. The number of halogens is 2. The molecule has 0 aliphatic heterocycles. The van der Waals surface area contributed by atoms with Crippen LogP contribution in [0.1, 0.15) is 22.8 Å². The molecule has 2 rings (SSSR count). The van der Waals surface area contributed by atoms with Crippen LogP contribution in [0.4, 0.5) is 4.39 Å². The Labute approximate surface area is 126 Å². The maximum Gasteiger partial charge on any atom is 0.133 e. The van der Waals surface area contributed by atoms with Gasteiger partial charge in [-0.3, -0.25) is 0 Å². The predicted molar refractivity (Wildman–Crippen MR) is 80.5 cm³/mol. The molecule has 2 aromatic carbocycles. The minimum absolute atomic E-state index is 0.286. The van der Waals surface area contributed by atoms with Gasteiger partial charge in [0.15, 0.2) is 0 Å². The molecule has 0 aliphatic rings. The van der Waals surface area contributed by atoms with E-state index in [-0.39, 0.29) is 5.82 Å². The van der Waals surface area contributed by atoms with Crippen LogP contribution in [0.2, 0.25) is 0 Å². The summed E-state index contributed by atoms with van der Waals surface area (Å²) < 4.78 is 19.1. The van der Waals surface area contributed by atoms with Gasteiger partial charge in [-0.25, -0.2) is 4.39 Å². The predicted octanol–water partition coefficient (Wildman–Crippen LogP) is 4.18. The lowest BCUT2D eigenvalue weighted by atomic mass is 9.97. The molecule has 1 N–H and O–H groups in total. The summed E-state index contributed by atoms with van der Waals surface area (Å²) in [5.74, 6) is 0.465. The molecule has 0 heterocycles. The molecule has 0 aliphatic carbocycles. The first-order valence-corrected chi connectivity index (χ1v) is 7.07. The lowest BCUT2D eigenvalue weighted by Crippen LogP contribution is -2.04. The molecule has 0 bridgehead atoms. The Morgan fingerprint density at radius 3 is 2.60 bits per heavy atom. The third kappa shape index (κ3) is 3.38. The Morgan fingerprint density at radius 1 is 1.25 bits per heavy atom. The van der Waals surface area contributed by atoms with Crippen LogP contribution in [0, 0.1) is 12.7 Å². The summed E-state index contributed by atoms with van der Waals surface area (Å²) >= 11 is 3.42. The first kappa shape index (κ1) is 15.0. The molecule has 1 atom stereocenters. The van der Waals surface area contributed by atoms with Crippen LogP contribution in [-0.4, -0.2) is 12.2 Å². The Hall–Kier alpha value is -1.39. The maximum atomic E-state index is 13.1. The van der Waals surface area contributed by atoms with Gasteiger partial charge in [0.2, 0.25) is 0 Å². The summed E-state index contributed by atoms with van der Waals surface area (Å²) in [6.45, 7) is 1.80. The first-order chi connectivity index (χ1) is 9.51. The van der Waals surface area contributed by atoms with Crippen molar-refractivity contribution in [1.82, 2.24) is 0 Å². The van der Waals surface area contributed by atoms with E-state index in [1.807, 2.05) is 18.2 Å². The van der Waals surface area contributed by atoms with Crippen molar-refractivity contribution in [2.45, 2.75) is 19.4 Å². The lowest BCUT2D eigenvalue weighted by molar-refractivity contribution is 0.177. The Balaban J connectivity index is 2.18. The summed E-state index contributed by atoms with van der Waals surface area (Å²) in [7, 11) is 1.61. The summed E-state index contributed by atoms with van der Waals surface area (Å²) in [5, 5.41) is 10.3. The molecule has 0 aromatic heterocycles. The van der Waals surface area contributed by atoms with Crippen LogP contribution >= 0.6 is 15.9 Å². The molecule has 0 amide bonds. The molecule has 2 nitrogen and oxygen atoms in total. The van der Waals surface area contributed by atoms with E-state index in [0.29, 0.717) is 6.42 Å². The van der Waals surface area contributed by atoms with E-state index in [2.05, 4.69) is 15.9 Å². The highest BCUT2D eigenvalue weighted by molar-refractivity contribution is 9.10. The molecule has 0 saturated heterocycles. The Morgan fingerprint density at radius 2 is 2.00 bits per heavy atom. The largest absolute Gasteiger partial charge is 0.496 e. The van der Waals surface area contributed by atoms with Gasteiger partial charge in [-0.2, -0.15) is 0 Å². The highest BCUT2D eigenvalue weighted by Gasteiger charge is 2.13. The van der Waals surface area contributed by atoms with Crippen molar-refractivity contribution < 1.29 is 14.2 Å². The molecule has 4 heteroatoms. The van der Waals surface area contributed by atoms with Crippen molar-refractivity contribution in [2.75, 3.05) is 7.11 Å². The fraction of sp³-hybridized carbons (Fsp3) is 0.250. The zero-order valence-corrected chi connectivity index (χ0v) is 12.9. The summed E-state index contributed by atoms with van der Waals surface area (Å²) in [4.78, 5) is 0. The fourth-order valence-electron chi connectivity index (χ4n) is 2.18.